The van der Waals surface area contributed by atoms with Crippen LogP contribution in [-0.4, -0.2) is 57.7 Å². The van der Waals surface area contributed by atoms with Gasteiger partial charge in [-0.1, -0.05) is 0 Å². The Labute approximate surface area is 143 Å². The third-order valence-electron chi connectivity index (χ3n) is 4.97. The zero-order chi connectivity index (χ0) is 17.6. The van der Waals surface area contributed by atoms with Gasteiger partial charge in [0.15, 0.2) is 0 Å². The van der Waals surface area contributed by atoms with E-state index in [1.54, 1.807) is 7.05 Å². The predicted molar refractivity (Wildman–Crippen MR) is 91.2 cm³/mol. The molecule has 2 aliphatic rings. The summed E-state index contributed by atoms with van der Waals surface area (Å²) in [6.45, 7) is -1.02. The number of H-pyrrole nitrogens is 1. The van der Waals surface area contributed by atoms with Crippen LogP contribution in [0.4, 0.5) is 14.6 Å². The molecule has 2 fully saturated rings. The molecule has 134 valence electrons. The molecular weight excluding hydrogens is 328 g/mol. The van der Waals surface area contributed by atoms with Gasteiger partial charge in [0.25, 0.3) is 0 Å². The van der Waals surface area contributed by atoms with Crippen LogP contribution in [0.2, 0.25) is 0 Å². The fraction of sp³-hybridized carbons (Fsp3) is 0.500. The Bertz CT molecular complexity index is 769. The maximum absolute atomic E-state index is 12.7. The molecule has 0 saturated carbocycles. The fourth-order valence-electron chi connectivity index (χ4n) is 3.73. The summed E-state index contributed by atoms with van der Waals surface area (Å²) in [4.78, 5) is 5.26. The van der Waals surface area contributed by atoms with Gasteiger partial charge in [0, 0.05) is 44.0 Å². The van der Waals surface area contributed by atoms with E-state index in [0.717, 1.165) is 31.5 Å². The number of hydrogen-bond donors (Lipinski definition) is 4. The molecule has 4 heterocycles. The number of piperazine rings is 1. The molecule has 9 heteroatoms. The topological polar surface area (TPSA) is 84.8 Å². The molecule has 2 aliphatic heterocycles. The summed E-state index contributed by atoms with van der Waals surface area (Å²) >= 11 is 0. The van der Waals surface area contributed by atoms with Crippen LogP contribution in [0.25, 0.3) is 11.3 Å². The minimum Gasteiger partial charge on any atom is -0.374 e. The van der Waals surface area contributed by atoms with Crippen molar-refractivity contribution in [3.63, 3.8) is 0 Å². The highest BCUT2D eigenvalue weighted by Gasteiger charge is 2.34. The third-order valence-corrected chi connectivity index (χ3v) is 4.97. The standard InChI is InChI=1S/C16H21F2N7/c1-20-15-12(14(19)24-7-10-2-3-11(8-24)22-10)4-13(23-15)9-5-21-25(6-9)16(17)18/h4-6,10-11,16,19-20,22-23H,2-3,7-8H2,1H3. The Balaban J connectivity index is 1.60. The molecule has 4 N–H and O–H groups in total. The van der Waals surface area contributed by atoms with Crippen molar-refractivity contribution in [1.82, 2.24) is 25.0 Å². The SMILES string of the molecule is CNc1[nH]c(-c2cnn(C(F)F)c2)cc1C(=N)N1CC2CCC(C1)N2. The Kier molecular flexibility index (Phi) is 3.95. The number of anilines is 1. The van der Waals surface area contributed by atoms with Gasteiger partial charge < -0.3 is 20.5 Å². The van der Waals surface area contributed by atoms with E-state index in [1.807, 2.05) is 6.07 Å². The van der Waals surface area contributed by atoms with Crippen molar-refractivity contribution in [2.75, 3.05) is 25.5 Å². The molecule has 0 aromatic carbocycles. The van der Waals surface area contributed by atoms with Crippen LogP contribution in [0.1, 0.15) is 25.0 Å². The minimum atomic E-state index is -2.67. The Morgan fingerprint density at radius 1 is 1.36 bits per heavy atom. The highest BCUT2D eigenvalue weighted by Crippen LogP contribution is 2.28. The lowest BCUT2D eigenvalue weighted by molar-refractivity contribution is 0.0566. The smallest absolute Gasteiger partial charge is 0.333 e. The van der Waals surface area contributed by atoms with Crippen molar-refractivity contribution in [2.24, 2.45) is 0 Å². The first kappa shape index (κ1) is 16.1. The predicted octanol–water partition coefficient (Wildman–Crippen LogP) is 2.08. The van der Waals surface area contributed by atoms with Gasteiger partial charge in [-0.05, 0) is 18.9 Å². The van der Waals surface area contributed by atoms with Crippen molar-refractivity contribution in [3.05, 3.63) is 24.0 Å². The van der Waals surface area contributed by atoms with Gasteiger partial charge in [0.1, 0.15) is 11.7 Å². The zero-order valence-corrected chi connectivity index (χ0v) is 13.9. The van der Waals surface area contributed by atoms with E-state index in [-0.39, 0.29) is 0 Å². The van der Waals surface area contributed by atoms with Crippen molar-refractivity contribution in [1.29, 1.82) is 5.41 Å². The van der Waals surface area contributed by atoms with E-state index in [9.17, 15) is 8.78 Å². The van der Waals surface area contributed by atoms with Crippen molar-refractivity contribution >= 4 is 11.7 Å². The van der Waals surface area contributed by atoms with Gasteiger partial charge in [0.05, 0.1) is 17.5 Å². The summed E-state index contributed by atoms with van der Waals surface area (Å²) in [5, 5.41) is 18.9. The maximum Gasteiger partial charge on any atom is 0.333 e. The van der Waals surface area contributed by atoms with E-state index in [4.69, 9.17) is 5.41 Å². The quantitative estimate of drug-likeness (QED) is 0.503. The Morgan fingerprint density at radius 3 is 2.68 bits per heavy atom. The lowest BCUT2D eigenvalue weighted by Crippen LogP contribution is -2.53. The second kappa shape index (κ2) is 6.14. The average Bonchev–Trinajstić information content (AvgIpc) is 3.31. The molecule has 2 saturated heterocycles. The summed E-state index contributed by atoms with van der Waals surface area (Å²) in [6, 6.07) is 2.71. The average molecular weight is 349 g/mol. The van der Waals surface area contributed by atoms with Gasteiger partial charge >= 0.3 is 6.55 Å². The molecule has 0 spiro atoms. The number of alkyl halides is 2. The number of rotatable bonds is 4. The van der Waals surface area contributed by atoms with Gasteiger partial charge in [-0.15, -0.1) is 0 Å². The van der Waals surface area contributed by atoms with Crippen LogP contribution in [-0.2, 0) is 0 Å². The lowest BCUT2D eigenvalue weighted by atomic mass is 10.1. The molecular formula is C16H21F2N7. The van der Waals surface area contributed by atoms with Crippen LogP contribution < -0.4 is 10.6 Å². The Morgan fingerprint density at radius 2 is 2.08 bits per heavy atom. The summed E-state index contributed by atoms with van der Waals surface area (Å²) in [6.07, 6.45) is 5.00. The number of amidine groups is 1. The molecule has 2 atom stereocenters. The number of aromatic nitrogens is 3. The molecule has 2 unspecified atom stereocenters. The molecule has 25 heavy (non-hydrogen) atoms. The van der Waals surface area contributed by atoms with Crippen LogP contribution >= 0.6 is 0 Å². The summed E-state index contributed by atoms with van der Waals surface area (Å²) in [7, 11) is 1.77. The third kappa shape index (κ3) is 2.88. The first-order valence-corrected chi connectivity index (χ1v) is 8.38. The number of halogens is 2. The van der Waals surface area contributed by atoms with Crippen molar-refractivity contribution in [3.8, 4) is 11.3 Å². The van der Waals surface area contributed by atoms with Crippen molar-refractivity contribution in [2.45, 2.75) is 31.5 Å². The monoisotopic (exact) mass is 349 g/mol. The molecule has 2 aromatic rings. The number of nitrogens with one attached hydrogen (secondary N) is 4. The molecule has 7 nitrogen and oxygen atoms in total. The normalized spacial score (nSPS) is 22.6. The Hall–Kier alpha value is -2.42. The first-order chi connectivity index (χ1) is 12.0. The second-order valence-corrected chi connectivity index (χ2v) is 6.60. The summed E-state index contributed by atoms with van der Waals surface area (Å²) < 4.78 is 26.1. The maximum atomic E-state index is 12.7. The molecule has 0 radical (unpaired) electrons. The van der Waals surface area contributed by atoms with Gasteiger partial charge in [0.2, 0.25) is 0 Å². The highest BCUT2D eigenvalue weighted by molar-refractivity contribution is 6.02. The van der Waals surface area contributed by atoms with Crippen LogP contribution in [0.5, 0.6) is 0 Å². The van der Waals surface area contributed by atoms with Gasteiger partial charge in [-0.3, -0.25) is 5.41 Å². The number of aromatic amines is 1. The number of likely N-dealkylation sites (tertiary alicyclic amines) is 1. The molecule has 2 aromatic heterocycles. The molecule has 0 amide bonds. The fourth-order valence-corrected chi connectivity index (χ4v) is 3.73. The summed E-state index contributed by atoms with van der Waals surface area (Å²) in [5.41, 5.74) is 1.97. The number of fused-ring (bicyclic) bond motifs is 2. The van der Waals surface area contributed by atoms with E-state index >= 15 is 0 Å². The van der Waals surface area contributed by atoms with Crippen LogP contribution in [0.15, 0.2) is 18.5 Å². The van der Waals surface area contributed by atoms with Gasteiger partial charge in [-0.2, -0.15) is 13.9 Å². The molecule has 2 bridgehead atoms. The molecule has 4 rings (SSSR count). The number of hydrogen-bond acceptors (Lipinski definition) is 4. The zero-order valence-electron chi connectivity index (χ0n) is 13.9. The van der Waals surface area contributed by atoms with E-state index in [1.165, 1.54) is 12.4 Å². The number of nitrogens with zero attached hydrogens (tertiary/aromatic N) is 3. The van der Waals surface area contributed by atoms with Crippen molar-refractivity contribution < 1.29 is 8.78 Å². The van der Waals surface area contributed by atoms with E-state index < -0.39 is 6.55 Å². The largest absolute Gasteiger partial charge is 0.374 e. The lowest BCUT2D eigenvalue weighted by Gasteiger charge is -2.34. The first-order valence-electron chi connectivity index (χ1n) is 8.38. The molecule has 0 aliphatic carbocycles. The van der Waals surface area contributed by atoms with Crippen LogP contribution in [0.3, 0.4) is 0 Å². The van der Waals surface area contributed by atoms with Gasteiger partial charge in [-0.25, -0.2) is 4.68 Å². The van der Waals surface area contributed by atoms with E-state index in [2.05, 4.69) is 25.6 Å². The summed E-state index contributed by atoms with van der Waals surface area (Å²) in [5.74, 6) is 1.15. The van der Waals surface area contributed by atoms with E-state index in [0.29, 0.717) is 39.7 Å². The minimum absolute atomic E-state index is 0.444. The highest BCUT2D eigenvalue weighted by atomic mass is 19.3. The second-order valence-electron chi connectivity index (χ2n) is 6.60. The van der Waals surface area contributed by atoms with Crippen LogP contribution in [0, 0.1) is 5.41 Å².